The predicted molar refractivity (Wildman–Crippen MR) is 107 cm³/mol. The van der Waals surface area contributed by atoms with Crippen molar-refractivity contribution in [3.63, 3.8) is 0 Å². The van der Waals surface area contributed by atoms with Crippen molar-refractivity contribution in [2.24, 2.45) is 0 Å². The summed E-state index contributed by atoms with van der Waals surface area (Å²) in [5, 5.41) is 0. The van der Waals surface area contributed by atoms with Gasteiger partial charge in [-0.3, -0.25) is 0 Å². The van der Waals surface area contributed by atoms with E-state index < -0.39 is 6.25 Å². The lowest BCUT2D eigenvalue weighted by Crippen LogP contribution is -2.23. The van der Waals surface area contributed by atoms with Gasteiger partial charge in [0.2, 0.25) is 0 Å². The van der Waals surface area contributed by atoms with Crippen molar-refractivity contribution >= 4 is 39.5 Å². The van der Waals surface area contributed by atoms with E-state index in [1.807, 2.05) is 0 Å². The molecule has 0 aliphatic heterocycles. The fourth-order valence-corrected chi connectivity index (χ4v) is 3.42. The average molecular weight is 410 g/mol. The Morgan fingerprint density at radius 3 is 1.67 bits per heavy atom. The van der Waals surface area contributed by atoms with Crippen LogP contribution in [0.3, 0.4) is 0 Å². The van der Waals surface area contributed by atoms with Gasteiger partial charge in [-0.1, -0.05) is 92.5 Å². The van der Waals surface area contributed by atoms with Gasteiger partial charge in [-0.2, -0.15) is 0 Å². The molecule has 0 amide bonds. The molecule has 1 aromatic rings. The molecule has 24 heavy (non-hydrogen) atoms. The zero-order valence-corrected chi connectivity index (χ0v) is 19.0. The van der Waals surface area contributed by atoms with Gasteiger partial charge in [-0.15, -0.1) is 0 Å². The van der Waals surface area contributed by atoms with Crippen molar-refractivity contribution in [2.45, 2.75) is 66.2 Å². The van der Waals surface area contributed by atoms with Gasteiger partial charge in [-0.05, 0) is 30.8 Å². The van der Waals surface area contributed by atoms with Gasteiger partial charge in [0.15, 0.2) is 0 Å². The van der Waals surface area contributed by atoms with Crippen molar-refractivity contribution in [2.75, 3.05) is 0 Å². The molecule has 1 rings (SSSR count). The second-order valence-electron chi connectivity index (χ2n) is 7.95. The minimum Gasteiger partial charge on any atom is -0.480 e. The molecule has 136 valence electrons. The Kier molecular flexibility index (Phi) is 6.77. The molecule has 0 heterocycles. The Bertz CT molecular complexity index is 586. The number of rotatable bonds is 4. The molecule has 0 aliphatic rings. The van der Waals surface area contributed by atoms with Crippen molar-refractivity contribution in [1.82, 2.24) is 0 Å². The molecule has 0 unspecified atom stereocenters. The van der Waals surface area contributed by atoms with Crippen LogP contribution >= 0.6 is 33.2 Å². The van der Waals surface area contributed by atoms with E-state index in [4.69, 9.17) is 42.4 Å². The summed E-state index contributed by atoms with van der Waals surface area (Å²) < 4.78 is 11.6. The van der Waals surface area contributed by atoms with E-state index in [0.29, 0.717) is 0 Å². The van der Waals surface area contributed by atoms with E-state index in [0.717, 1.165) is 16.9 Å². The van der Waals surface area contributed by atoms with Gasteiger partial charge in [-0.25, -0.2) is 0 Å². The van der Waals surface area contributed by atoms with E-state index in [1.165, 1.54) is 5.56 Å². The lowest BCUT2D eigenvalue weighted by Gasteiger charge is -2.30. The van der Waals surface area contributed by atoms with E-state index >= 15 is 0 Å². The minimum absolute atomic E-state index is 0.0996. The third kappa shape index (κ3) is 6.18. The van der Waals surface area contributed by atoms with E-state index in [2.05, 4.69) is 60.6 Å². The largest absolute Gasteiger partial charge is 0.557 e. The summed E-state index contributed by atoms with van der Waals surface area (Å²) in [6, 6.07) is 4.29. The summed E-state index contributed by atoms with van der Waals surface area (Å²) in [5.41, 5.74) is 3.19. The van der Waals surface area contributed by atoms with Gasteiger partial charge in [0.25, 0.3) is 5.95 Å². The van der Waals surface area contributed by atoms with Crippen LogP contribution in [0.4, 0.5) is 0 Å². The Labute approximate surface area is 161 Å². The highest BCUT2D eigenvalue weighted by Crippen LogP contribution is 2.42. The summed E-state index contributed by atoms with van der Waals surface area (Å²) >= 11 is 17.7. The lowest BCUT2D eigenvalue weighted by atomic mass is 9.78. The summed E-state index contributed by atoms with van der Waals surface area (Å²) in [5.74, 6) is 0.999. The molecule has 0 saturated heterocycles. The smallest absolute Gasteiger partial charge is 0.480 e. The molecule has 6 heteroatoms. The SMILES string of the molecule is C/C=C(\Oc1c(C(C)(C)C)cc(C)cc1C(C)(C)C)O[Si](Cl)(Cl)Cl. The quantitative estimate of drug-likeness (QED) is 0.303. The second-order valence-corrected chi connectivity index (χ2v) is 15.6. The molecule has 0 aromatic heterocycles. The van der Waals surface area contributed by atoms with E-state index in [1.54, 1.807) is 13.0 Å². The fourth-order valence-electron chi connectivity index (χ4n) is 2.35. The van der Waals surface area contributed by atoms with Crippen molar-refractivity contribution < 1.29 is 9.16 Å². The first-order chi connectivity index (χ1) is 10.6. The monoisotopic (exact) mass is 408 g/mol. The van der Waals surface area contributed by atoms with Gasteiger partial charge in [0.05, 0.1) is 0 Å². The van der Waals surface area contributed by atoms with Crippen molar-refractivity contribution in [1.29, 1.82) is 0 Å². The molecule has 0 bridgehead atoms. The topological polar surface area (TPSA) is 18.5 Å². The first-order valence-electron chi connectivity index (χ1n) is 7.90. The van der Waals surface area contributed by atoms with E-state index in [-0.39, 0.29) is 16.8 Å². The van der Waals surface area contributed by atoms with Crippen LogP contribution in [0.2, 0.25) is 0 Å². The third-order valence-electron chi connectivity index (χ3n) is 3.50. The van der Waals surface area contributed by atoms with Crippen molar-refractivity contribution in [3.8, 4) is 5.75 Å². The molecule has 0 N–H and O–H groups in total. The Morgan fingerprint density at radius 2 is 1.38 bits per heavy atom. The zero-order valence-electron chi connectivity index (χ0n) is 15.7. The number of hydrogen-bond donors (Lipinski definition) is 0. The first-order valence-corrected chi connectivity index (χ1v) is 12.8. The number of allylic oxidation sites excluding steroid dienone is 1. The molecule has 0 atom stereocenters. The van der Waals surface area contributed by atoms with Crippen LogP contribution in [0.5, 0.6) is 5.75 Å². The van der Waals surface area contributed by atoms with Crippen LogP contribution in [0.15, 0.2) is 24.2 Å². The molecule has 0 aliphatic carbocycles. The highest BCUT2D eigenvalue weighted by Gasteiger charge is 2.33. The Balaban J connectivity index is 3.53. The summed E-state index contributed by atoms with van der Waals surface area (Å²) in [4.78, 5) is 0. The van der Waals surface area contributed by atoms with Crippen LogP contribution in [0, 0.1) is 6.92 Å². The first kappa shape index (κ1) is 21.7. The van der Waals surface area contributed by atoms with Gasteiger partial charge in [0.1, 0.15) is 5.75 Å². The molecule has 2 nitrogen and oxygen atoms in total. The maximum Gasteiger partial charge on any atom is 0.557 e. The zero-order chi connectivity index (χ0) is 18.9. The third-order valence-corrected chi connectivity index (χ3v) is 4.63. The Hall–Kier alpha value is -0.353. The molecule has 0 spiro atoms. The minimum atomic E-state index is -3.31. The van der Waals surface area contributed by atoms with E-state index in [9.17, 15) is 0 Å². The lowest BCUT2D eigenvalue weighted by molar-refractivity contribution is 0.224. The molecule has 0 saturated carbocycles. The standard InChI is InChI=1S/C18H27Cl3O2Si/c1-9-15(23-24(19,20)21)22-16-13(17(3,4)5)10-12(2)11-14(16)18(6,7)8/h9-11H,1-8H3/b15-9+. The van der Waals surface area contributed by atoms with Crippen LogP contribution in [-0.4, -0.2) is 6.25 Å². The van der Waals surface area contributed by atoms with Gasteiger partial charge < -0.3 is 9.16 Å². The summed E-state index contributed by atoms with van der Waals surface area (Å²) in [6.45, 7) is 16.8. The Morgan fingerprint density at radius 1 is 0.958 bits per heavy atom. The van der Waals surface area contributed by atoms with Crippen LogP contribution in [0.1, 0.15) is 65.2 Å². The number of aryl methyl sites for hydroxylation is 1. The summed E-state index contributed by atoms with van der Waals surface area (Å²) in [6.07, 6.45) is -1.63. The molecule has 0 fully saturated rings. The van der Waals surface area contributed by atoms with Crippen LogP contribution in [-0.2, 0) is 15.3 Å². The molecule has 0 radical (unpaired) electrons. The maximum atomic E-state index is 6.13. The number of hydrogen-bond acceptors (Lipinski definition) is 2. The fraction of sp³-hybridized carbons (Fsp3) is 0.556. The highest BCUT2D eigenvalue weighted by molar-refractivity contribution is 7.62. The van der Waals surface area contributed by atoms with Gasteiger partial charge >= 0.3 is 6.25 Å². The summed E-state index contributed by atoms with van der Waals surface area (Å²) in [7, 11) is 0. The van der Waals surface area contributed by atoms with Crippen LogP contribution < -0.4 is 4.74 Å². The number of benzene rings is 1. The predicted octanol–water partition coefficient (Wildman–Crippen LogP) is 7.00. The molecular weight excluding hydrogens is 383 g/mol. The van der Waals surface area contributed by atoms with Crippen molar-refractivity contribution in [3.05, 3.63) is 40.8 Å². The van der Waals surface area contributed by atoms with Gasteiger partial charge in [0, 0.05) is 11.1 Å². The highest BCUT2D eigenvalue weighted by atomic mass is 35.8. The molecular formula is C18H27Cl3O2Si. The molecule has 1 aromatic carbocycles. The number of halogens is 3. The number of ether oxygens (including phenoxy) is 1. The van der Waals surface area contributed by atoms with Crippen LogP contribution in [0.25, 0.3) is 0 Å². The normalized spacial score (nSPS) is 13.9. The maximum absolute atomic E-state index is 6.13. The average Bonchev–Trinajstić information content (AvgIpc) is 2.35. The second kappa shape index (κ2) is 7.49.